The lowest BCUT2D eigenvalue weighted by Gasteiger charge is -2.08. The van der Waals surface area contributed by atoms with Crippen LogP contribution in [0.5, 0.6) is 0 Å². The average molecular weight is 435 g/mol. The van der Waals surface area contributed by atoms with E-state index in [2.05, 4.69) is 52.4 Å². The van der Waals surface area contributed by atoms with Crippen LogP contribution in [0.3, 0.4) is 0 Å². The summed E-state index contributed by atoms with van der Waals surface area (Å²) >= 11 is 0. The fraction of sp³-hybridized carbons (Fsp3) is 0. The molecule has 0 spiro atoms. The molecule has 0 radical (unpaired) electrons. The quantitative estimate of drug-likeness (QED) is 0.286. The van der Waals surface area contributed by atoms with E-state index < -0.39 is 0 Å². The molecule has 7 rings (SSSR count). The first-order valence-corrected chi connectivity index (χ1v) is 11.1. The van der Waals surface area contributed by atoms with E-state index in [-0.39, 0.29) is 0 Å². The first-order chi connectivity index (χ1) is 16.8. The standard InChI is InChI=1S/C29H17N5/c1-4-23(25-12-10-20-7-6-18-14-16-30-17-22(18)27(20)33-25)32-24(5-1)26-13-11-21-9-8-19-3-2-15-31-28(19)29(21)34-26/h1-17H. The van der Waals surface area contributed by atoms with Gasteiger partial charge in [-0.15, -0.1) is 0 Å². The Labute approximate surface area is 194 Å². The van der Waals surface area contributed by atoms with Crippen LogP contribution in [-0.2, 0) is 0 Å². The van der Waals surface area contributed by atoms with Crippen LogP contribution in [0.25, 0.3) is 66.3 Å². The van der Waals surface area contributed by atoms with Crippen LogP contribution < -0.4 is 0 Å². The number of pyridine rings is 5. The summed E-state index contributed by atoms with van der Waals surface area (Å²) < 4.78 is 0. The van der Waals surface area contributed by atoms with E-state index in [1.165, 1.54) is 0 Å². The molecule has 5 nitrogen and oxygen atoms in total. The second kappa shape index (κ2) is 7.39. The van der Waals surface area contributed by atoms with Crippen molar-refractivity contribution >= 4 is 43.5 Å². The van der Waals surface area contributed by atoms with Crippen LogP contribution in [0, 0.1) is 0 Å². The van der Waals surface area contributed by atoms with E-state index in [0.29, 0.717) is 0 Å². The lowest BCUT2D eigenvalue weighted by atomic mass is 10.1. The molecule has 5 heteroatoms. The van der Waals surface area contributed by atoms with Crippen LogP contribution in [0.2, 0.25) is 0 Å². The predicted octanol–water partition coefficient (Wildman–Crippen LogP) is 6.61. The molecule has 158 valence electrons. The zero-order chi connectivity index (χ0) is 22.5. The Bertz CT molecular complexity index is 1740. The Morgan fingerprint density at radius 3 is 1.82 bits per heavy atom. The number of benzene rings is 2. The first kappa shape index (κ1) is 18.8. The molecular weight excluding hydrogens is 418 g/mol. The summed E-state index contributed by atoms with van der Waals surface area (Å²) in [4.78, 5) is 23.7. The van der Waals surface area contributed by atoms with Crippen molar-refractivity contribution < 1.29 is 0 Å². The molecule has 0 aliphatic heterocycles. The third kappa shape index (κ3) is 2.98. The van der Waals surface area contributed by atoms with Gasteiger partial charge in [0.25, 0.3) is 0 Å². The van der Waals surface area contributed by atoms with Gasteiger partial charge in [0, 0.05) is 40.1 Å². The number of hydrogen-bond donors (Lipinski definition) is 0. The van der Waals surface area contributed by atoms with E-state index in [1.807, 2.05) is 48.7 Å². The molecule has 0 aliphatic carbocycles. The van der Waals surface area contributed by atoms with Crippen molar-refractivity contribution in [3.05, 3.63) is 104 Å². The van der Waals surface area contributed by atoms with Gasteiger partial charge in [-0.2, -0.15) is 0 Å². The highest BCUT2D eigenvalue weighted by Gasteiger charge is 2.10. The lowest BCUT2D eigenvalue weighted by Crippen LogP contribution is -1.94. The fourth-order valence-corrected chi connectivity index (χ4v) is 4.48. The highest BCUT2D eigenvalue weighted by atomic mass is 14.8. The molecular formula is C29H17N5. The van der Waals surface area contributed by atoms with E-state index in [1.54, 1.807) is 12.4 Å². The summed E-state index contributed by atoms with van der Waals surface area (Å²) in [5.74, 6) is 0. The van der Waals surface area contributed by atoms with Gasteiger partial charge in [-0.25, -0.2) is 15.0 Å². The number of aromatic nitrogens is 5. The Morgan fingerprint density at radius 2 is 1.03 bits per heavy atom. The summed E-state index contributed by atoms with van der Waals surface area (Å²) in [6.07, 6.45) is 5.48. The van der Waals surface area contributed by atoms with Crippen molar-refractivity contribution in [2.24, 2.45) is 0 Å². The molecule has 7 aromatic rings. The third-order valence-electron chi connectivity index (χ3n) is 6.18. The van der Waals surface area contributed by atoms with E-state index in [0.717, 1.165) is 66.3 Å². The third-order valence-corrected chi connectivity index (χ3v) is 6.18. The molecule has 0 bridgehead atoms. The van der Waals surface area contributed by atoms with Gasteiger partial charge in [0.1, 0.15) is 0 Å². The maximum absolute atomic E-state index is 4.97. The molecule has 0 saturated carbocycles. The smallest absolute Gasteiger partial charge is 0.0972 e. The number of nitrogens with zero attached hydrogens (tertiary/aromatic N) is 5. The lowest BCUT2D eigenvalue weighted by molar-refractivity contribution is 1.25. The van der Waals surface area contributed by atoms with Crippen molar-refractivity contribution in [2.75, 3.05) is 0 Å². The summed E-state index contributed by atoms with van der Waals surface area (Å²) in [5.41, 5.74) is 5.94. The highest BCUT2D eigenvalue weighted by Crippen LogP contribution is 2.28. The SMILES string of the molecule is c1cc(-c2ccc3ccc4ccncc4c3n2)nc(-c2ccc3ccc4cccnc4c3n2)c1. The monoisotopic (exact) mass is 435 g/mol. The largest absolute Gasteiger partial charge is 0.264 e. The Hall–Kier alpha value is -4.77. The van der Waals surface area contributed by atoms with Crippen LogP contribution in [0.15, 0.2) is 104 Å². The maximum Gasteiger partial charge on any atom is 0.0972 e. The summed E-state index contributed by atoms with van der Waals surface area (Å²) in [5, 5.41) is 5.37. The molecule has 0 amide bonds. The number of hydrogen-bond acceptors (Lipinski definition) is 5. The molecule has 5 aromatic heterocycles. The summed E-state index contributed by atoms with van der Waals surface area (Å²) in [7, 11) is 0. The second-order valence-electron chi connectivity index (χ2n) is 8.25. The molecule has 2 aromatic carbocycles. The van der Waals surface area contributed by atoms with Crippen molar-refractivity contribution in [2.45, 2.75) is 0 Å². The van der Waals surface area contributed by atoms with Gasteiger partial charge in [0.15, 0.2) is 0 Å². The van der Waals surface area contributed by atoms with Crippen molar-refractivity contribution in [1.82, 2.24) is 24.9 Å². The van der Waals surface area contributed by atoms with E-state index in [9.17, 15) is 0 Å². The minimum Gasteiger partial charge on any atom is -0.264 e. The van der Waals surface area contributed by atoms with Gasteiger partial charge in [-0.1, -0.05) is 48.5 Å². The van der Waals surface area contributed by atoms with Crippen LogP contribution >= 0.6 is 0 Å². The second-order valence-corrected chi connectivity index (χ2v) is 8.25. The van der Waals surface area contributed by atoms with Gasteiger partial charge >= 0.3 is 0 Å². The Kier molecular flexibility index (Phi) is 4.08. The Balaban J connectivity index is 1.38. The number of fused-ring (bicyclic) bond motifs is 6. The van der Waals surface area contributed by atoms with Crippen LogP contribution in [-0.4, -0.2) is 24.9 Å². The average Bonchev–Trinajstić information content (AvgIpc) is 2.92. The Morgan fingerprint density at radius 1 is 0.412 bits per heavy atom. The zero-order valence-corrected chi connectivity index (χ0v) is 18.1. The zero-order valence-electron chi connectivity index (χ0n) is 18.1. The number of rotatable bonds is 2. The summed E-state index contributed by atoms with van der Waals surface area (Å²) in [6, 6.07) is 28.5. The van der Waals surface area contributed by atoms with Gasteiger partial charge in [0.2, 0.25) is 0 Å². The van der Waals surface area contributed by atoms with Gasteiger partial charge in [0.05, 0.1) is 39.3 Å². The molecule has 0 N–H and O–H groups in total. The minimum atomic E-state index is 0.800. The molecule has 5 heterocycles. The maximum atomic E-state index is 4.97. The molecule has 0 fully saturated rings. The molecule has 0 unspecified atom stereocenters. The van der Waals surface area contributed by atoms with E-state index in [4.69, 9.17) is 15.0 Å². The van der Waals surface area contributed by atoms with Crippen molar-refractivity contribution in [3.63, 3.8) is 0 Å². The van der Waals surface area contributed by atoms with Crippen molar-refractivity contribution in [3.8, 4) is 22.8 Å². The van der Waals surface area contributed by atoms with Gasteiger partial charge in [-0.05, 0) is 41.8 Å². The molecule has 34 heavy (non-hydrogen) atoms. The highest BCUT2D eigenvalue weighted by molar-refractivity contribution is 6.05. The van der Waals surface area contributed by atoms with Crippen LogP contribution in [0.1, 0.15) is 0 Å². The molecule has 0 atom stereocenters. The van der Waals surface area contributed by atoms with Gasteiger partial charge in [-0.3, -0.25) is 9.97 Å². The van der Waals surface area contributed by atoms with Gasteiger partial charge < -0.3 is 0 Å². The fourth-order valence-electron chi connectivity index (χ4n) is 4.48. The van der Waals surface area contributed by atoms with Crippen molar-refractivity contribution in [1.29, 1.82) is 0 Å². The molecule has 0 aliphatic rings. The molecule has 0 saturated heterocycles. The van der Waals surface area contributed by atoms with E-state index >= 15 is 0 Å². The van der Waals surface area contributed by atoms with Crippen LogP contribution in [0.4, 0.5) is 0 Å². The topological polar surface area (TPSA) is 64.5 Å². The first-order valence-electron chi connectivity index (χ1n) is 11.1. The normalized spacial score (nSPS) is 11.5. The summed E-state index contributed by atoms with van der Waals surface area (Å²) in [6.45, 7) is 0. The predicted molar refractivity (Wildman–Crippen MR) is 136 cm³/mol. The minimum absolute atomic E-state index is 0.800.